The molecule has 5 heterocycles. The molecule has 2 fully saturated rings. The van der Waals surface area contributed by atoms with Crippen LogP contribution in [0.25, 0.3) is 22.1 Å². The van der Waals surface area contributed by atoms with Gasteiger partial charge in [-0.3, -0.25) is 4.90 Å². The van der Waals surface area contributed by atoms with Crippen LogP contribution >= 0.6 is 11.6 Å². The monoisotopic (exact) mass is 587 g/mol. The van der Waals surface area contributed by atoms with Gasteiger partial charge in [-0.25, -0.2) is 19.2 Å². The minimum atomic E-state index is -0.940. The van der Waals surface area contributed by atoms with Gasteiger partial charge in [-0.2, -0.15) is 0 Å². The molecule has 3 aromatic heterocycles. The summed E-state index contributed by atoms with van der Waals surface area (Å²) in [6.07, 6.45) is 5.04. The zero-order chi connectivity index (χ0) is 28.8. The molecule has 2 saturated heterocycles. The number of benzene rings is 2. The number of likely N-dealkylation sites (tertiary alicyclic amines) is 1. The molecule has 0 radical (unpaired) electrons. The third-order valence-electron chi connectivity index (χ3n) is 8.61. The first-order valence-corrected chi connectivity index (χ1v) is 14.8. The van der Waals surface area contributed by atoms with Gasteiger partial charge < -0.3 is 19.0 Å². The second kappa shape index (κ2) is 11.1. The van der Waals surface area contributed by atoms with Crippen LogP contribution in [-0.4, -0.2) is 60.9 Å². The number of carboxylic acid groups (broad SMARTS) is 1. The van der Waals surface area contributed by atoms with E-state index < -0.39 is 5.97 Å². The molecule has 2 aliphatic heterocycles. The predicted molar refractivity (Wildman–Crippen MR) is 159 cm³/mol. The number of ether oxygens (including phenoxy) is 1. The fourth-order valence-electron chi connectivity index (χ4n) is 6.11. The summed E-state index contributed by atoms with van der Waals surface area (Å²) in [5.41, 5.74) is 4.41. The van der Waals surface area contributed by atoms with Gasteiger partial charge in [-0.15, -0.1) is 0 Å². The minimum absolute atomic E-state index is 0.136. The van der Waals surface area contributed by atoms with Crippen molar-refractivity contribution in [1.82, 2.24) is 24.0 Å². The molecule has 0 aliphatic carbocycles. The number of piperidine rings is 1. The van der Waals surface area contributed by atoms with Gasteiger partial charge in [0, 0.05) is 40.4 Å². The quantitative estimate of drug-likeness (QED) is 0.236. The maximum absolute atomic E-state index is 14.5. The summed E-state index contributed by atoms with van der Waals surface area (Å²) in [6.45, 7) is 4.34. The van der Waals surface area contributed by atoms with E-state index in [1.807, 2.05) is 16.8 Å². The molecule has 2 aromatic carbocycles. The Morgan fingerprint density at radius 2 is 1.86 bits per heavy atom. The molecule has 216 valence electrons. The van der Waals surface area contributed by atoms with E-state index in [0.29, 0.717) is 36.1 Å². The van der Waals surface area contributed by atoms with Gasteiger partial charge in [-0.05, 0) is 80.9 Å². The number of fused-ring (bicyclic) bond motifs is 2. The Morgan fingerprint density at radius 3 is 2.60 bits per heavy atom. The molecular weight excluding hydrogens is 557 g/mol. The number of nitrogens with zero attached hydrogens (tertiary/aromatic N) is 5. The van der Waals surface area contributed by atoms with E-state index >= 15 is 0 Å². The molecular formula is C32H31ClFN5O3. The molecule has 2 aliphatic rings. The molecule has 0 amide bonds. The number of hydrogen-bond acceptors (Lipinski definition) is 5. The van der Waals surface area contributed by atoms with E-state index in [1.54, 1.807) is 30.3 Å². The summed E-state index contributed by atoms with van der Waals surface area (Å²) in [4.78, 5) is 24.0. The fraction of sp³-hybridized carbons (Fsp3) is 0.344. The van der Waals surface area contributed by atoms with Gasteiger partial charge >= 0.3 is 5.97 Å². The van der Waals surface area contributed by atoms with Crippen LogP contribution in [0.2, 0.25) is 5.02 Å². The Bertz CT molecular complexity index is 1790. The van der Waals surface area contributed by atoms with Gasteiger partial charge in [0.25, 0.3) is 0 Å². The molecule has 0 bridgehead atoms. The largest absolute Gasteiger partial charge is 0.478 e. The van der Waals surface area contributed by atoms with Crippen LogP contribution in [-0.2, 0) is 24.4 Å². The molecule has 0 saturated carbocycles. The zero-order valence-electron chi connectivity index (χ0n) is 23.0. The SMILES string of the molecule is O=C(O)c1ccc2nc(CN3CCC(c4ccc5ccn(Cc6ccc(Cl)cc6F)c5n4)CC3)n(C[C@@H]3CCO3)c2c1. The van der Waals surface area contributed by atoms with Crippen molar-refractivity contribution in [3.05, 3.63) is 94.3 Å². The van der Waals surface area contributed by atoms with Crippen molar-refractivity contribution in [2.75, 3.05) is 19.7 Å². The normalized spacial score (nSPS) is 18.1. The lowest BCUT2D eigenvalue weighted by atomic mass is 9.93. The zero-order valence-corrected chi connectivity index (χ0v) is 23.8. The lowest BCUT2D eigenvalue weighted by Crippen LogP contribution is -2.35. The summed E-state index contributed by atoms with van der Waals surface area (Å²) in [5, 5.41) is 10.9. The van der Waals surface area contributed by atoms with Crippen molar-refractivity contribution in [3.8, 4) is 0 Å². The van der Waals surface area contributed by atoms with Crippen molar-refractivity contribution in [2.24, 2.45) is 0 Å². The second-order valence-electron chi connectivity index (χ2n) is 11.3. The van der Waals surface area contributed by atoms with E-state index in [9.17, 15) is 14.3 Å². The molecule has 10 heteroatoms. The van der Waals surface area contributed by atoms with E-state index in [4.69, 9.17) is 26.3 Å². The summed E-state index contributed by atoms with van der Waals surface area (Å²) >= 11 is 5.93. The second-order valence-corrected chi connectivity index (χ2v) is 11.7. The van der Waals surface area contributed by atoms with Gasteiger partial charge in [0.2, 0.25) is 0 Å². The van der Waals surface area contributed by atoms with Gasteiger partial charge in [0.15, 0.2) is 0 Å². The first-order valence-electron chi connectivity index (χ1n) is 14.4. The number of halogens is 2. The lowest BCUT2D eigenvalue weighted by Gasteiger charge is -2.32. The molecule has 5 aromatic rings. The number of rotatable bonds is 8. The third-order valence-corrected chi connectivity index (χ3v) is 8.85. The Balaban J connectivity index is 1.07. The van der Waals surface area contributed by atoms with E-state index in [-0.39, 0.29) is 17.5 Å². The molecule has 0 spiro atoms. The fourth-order valence-corrected chi connectivity index (χ4v) is 6.27. The Hall–Kier alpha value is -3.79. The first kappa shape index (κ1) is 27.1. The number of carbonyl (C=O) groups is 1. The van der Waals surface area contributed by atoms with Crippen LogP contribution in [0.5, 0.6) is 0 Å². The average Bonchev–Trinajstić information content (AvgIpc) is 3.52. The number of hydrogen-bond donors (Lipinski definition) is 1. The molecule has 0 unspecified atom stereocenters. The number of pyridine rings is 1. The predicted octanol–water partition coefficient (Wildman–Crippen LogP) is 6.09. The maximum atomic E-state index is 14.5. The van der Waals surface area contributed by atoms with Crippen LogP contribution in [0.15, 0.2) is 60.8 Å². The van der Waals surface area contributed by atoms with E-state index in [2.05, 4.69) is 21.6 Å². The minimum Gasteiger partial charge on any atom is -0.478 e. The summed E-state index contributed by atoms with van der Waals surface area (Å²) in [7, 11) is 0. The third kappa shape index (κ3) is 5.28. The van der Waals surface area contributed by atoms with Crippen molar-refractivity contribution in [2.45, 2.75) is 50.9 Å². The van der Waals surface area contributed by atoms with Crippen LogP contribution < -0.4 is 0 Å². The highest BCUT2D eigenvalue weighted by Gasteiger charge is 2.26. The van der Waals surface area contributed by atoms with Crippen molar-refractivity contribution in [3.63, 3.8) is 0 Å². The number of carboxylic acids is 1. The van der Waals surface area contributed by atoms with Gasteiger partial charge in [0.05, 0.1) is 42.3 Å². The maximum Gasteiger partial charge on any atom is 0.335 e. The lowest BCUT2D eigenvalue weighted by molar-refractivity contribution is -0.0592. The van der Waals surface area contributed by atoms with Crippen molar-refractivity contribution in [1.29, 1.82) is 0 Å². The molecule has 8 nitrogen and oxygen atoms in total. The van der Waals surface area contributed by atoms with Gasteiger partial charge in [0.1, 0.15) is 17.3 Å². The number of imidazole rings is 1. The van der Waals surface area contributed by atoms with Crippen LogP contribution in [0.3, 0.4) is 0 Å². The smallest absolute Gasteiger partial charge is 0.335 e. The average molecular weight is 588 g/mol. The molecule has 7 rings (SSSR count). The number of aromatic nitrogens is 4. The highest BCUT2D eigenvalue weighted by Crippen LogP contribution is 2.30. The standard InChI is InChI=1S/C32H31ClFN5O3/c33-24-4-1-23(26(34)16-24)17-38-13-9-21-2-5-27(36-31(21)38)20-7-11-37(12-8-20)19-30-35-28-6-3-22(32(40)41)15-29(28)39(30)18-25-10-14-42-25/h1-6,9,13,15-16,20,25H,7-8,10-12,14,17-19H2,(H,40,41)/t25-/m0/s1. The number of aromatic carboxylic acids is 1. The van der Waals surface area contributed by atoms with E-state index in [0.717, 1.165) is 72.5 Å². The van der Waals surface area contributed by atoms with Crippen molar-refractivity contribution < 1.29 is 19.0 Å². The summed E-state index contributed by atoms with van der Waals surface area (Å²) in [5.74, 6) is 0.0169. The highest BCUT2D eigenvalue weighted by molar-refractivity contribution is 6.30. The van der Waals surface area contributed by atoms with Crippen LogP contribution in [0.4, 0.5) is 4.39 Å². The Morgan fingerprint density at radius 1 is 1.02 bits per heavy atom. The van der Waals surface area contributed by atoms with Crippen LogP contribution in [0.1, 0.15) is 52.6 Å². The highest BCUT2D eigenvalue weighted by atomic mass is 35.5. The Labute approximate surface area is 247 Å². The summed E-state index contributed by atoms with van der Waals surface area (Å²) < 4.78 is 24.3. The van der Waals surface area contributed by atoms with Crippen molar-refractivity contribution >= 4 is 39.6 Å². The molecule has 1 atom stereocenters. The van der Waals surface area contributed by atoms with E-state index in [1.165, 1.54) is 6.07 Å². The molecule has 1 N–H and O–H groups in total. The topological polar surface area (TPSA) is 85.4 Å². The summed E-state index contributed by atoms with van der Waals surface area (Å²) in [6, 6.07) is 16.2. The molecule has 42 heavy (non-hydrogen) atoms. The van der Waals surface area contributed by atoms with Crippen LogP contribution in [0, 0.1) is 5.82 Å². The first-order chi connectivity index (χ1) is 20.4. The van der Waals surface area contributed by atoms with Gasteiger partial charge in [-0.1, -0.05) is 17.7 Å². The Kier molecular flexibility index (Phi) is 7.17.